The molecular weight excluding hydrogens is 355 g/mol. The van der Waals surface area contributed by atoms with Gasteiger partial charge >= 0.3 is 0 Å². The van der Waals surface area contributed by atoms with Crippen molar-refractivity contribution in [2.24, 2.45) is 17.8 Å². The largest absolute Gasteiger partial charge is 0.207 e. The molecule has 0 radical (unpaired) electrons. The normalized spacial score (nSPS) is 27.8. The summed E-state index contributed by atoms with van der Waals surface area (Å²) in [6, 6.07) is 6.24. The zero-order valence-electron chi connectivity index (χ0n) is 19.2. The molecule has 0 aromatic heterocycles. The van der Waals surface area contributed by atoms with Crippen molar-refractivity contribution in [3.8, 4) is 0 Å². The van der Waals surface area contributed by atoms with E-state index >= 15 is 0 Å². The summed E-state index contributed by atoms with van der Waals surface area (Å²) in [5, 5.41) is 0. The van der Waals surface area contributed by atoms with E-state index in [9.17, 15) is 4.39 Å². The fraction of sp³-hybridized carbons (Fsp3) is 0.786. The highest BCUT2D eigenvalue weighted by atomic mass is 19.1. The van der Waals surface area contributed by atoms with Crippen molar-refractivity contribution < 1.29 is 4.39 Å². The maximum atomic E-state index is 14.8. The van der Waals surface area contributed by atoms with Gasteiger partial charge in [-0.2, -0.15) is 0 Å². The Hall–Kier alpha value is -0.850. The second kappa shape index (κ2) is 12.1. The van der Waals surface area contributed by atoms with Crippen LogP contribution in [-0.2, 0) is 6.42 Å². The van der Waals surface area contributed by atoms with Gasteiger partial charge < -0.3 is 0 Å². The number of halogens is 1. The van der Waals surface area contributed by atoms with Crippen molar-refractivity contribution in [2.75, 3.05) is 0 Å². The molecule has 29 heavy (non-hydrogen) atoms. The van der Waals surface area contributed by atoms with Crippen LogP contribution >= 0.6 is 0 Å². The van der Waals surface area contributed by atoms with Crippen molar-refractivity contribution in [1.82, 2.24) is 0 Å². The van der Waals surface area contributed by atoms with Crippen LogP contribution in [0.1, 0.15) is 127 Å². The Morgan fingerprint density at radius 3 is 1.76 bits per heavy atom. The molecule has 2 saturated carbocycles. The van der Waals surface area contributed by atoms with Crippen molar-refractivity contribution in [1.29, 1.82) is 0 Å². The summed E-state index contributed by atoms with van der Waals surface area (Å²) in [5.74, 6) is 3.37. The van der Waals surface area contributed by atoms with Crippen LogP contribution in [0, 0.1) is 23.6 Å². The molecule has 1 aromatic carbocycles. The third kappa shape index (κ3) is 7.11. The Bertz CT molecular complexity index is 576. The summed E-state index contributed by atoms with van der Waals surface area (Å²) in [6.07, 6.45) is 21.1. The van der Waals surface area contributed by atoms with E-state index in [0.29, 0.717) is 5.92 Å². The first-order valence-electron chi connectivity index (χ1n) is 13.0. The Balaban J connectivity index is 1.42. The highest BCUT2D eigenvalue weighted by Crippen LogP contribution is 2.38. The van der Waals surface area contributed by atoms with E-state index in [1.54, 1.807) is 0 Å². The fourth-order valence-corrected chi connectivity index (χ4v) is 5.96. The minimum Gasteiger partial charge on any atom is -0.207 e. The van der Waals surface area contributed by atoms with Crippen LogP contribution in [0.3, 0.4) is 0 Å². The van der Waals surface area contributed by atoms with Crippen LogP contribution in [0.4, 0.5) is 4.39 Å². The van der Waals surface area contributed by atoms with Gasteiger partial charge in [-0.1, -0.05) is 90.2 Å². The predicted octanol–water partition coefficient (Wildman–Crippen LogP) is 9.22. The zero-order chi connectivity index (χ0) is 20.5. The third-order valence-corrected chi connectivity index (χ3v) is 8.12. The highest BCUT2D eigenvalue weighted by Gasteiger charge is 2.23. The molecule has 0 N–H and O–H groups in total. The fourth-order valence-electron chi connectivity index (χ4n) is 5.96. The average Bonchev–Trinajstić information content (AvgIpc) is 2.76. The number of hydrogen-bond acceptors (Lipinski definition) is 0. The Morgan fingerprint density at radius 1 is 0.724 bits per heavy atom. The second-order valence-corrected chi connectivity index (χ2v) is 10.3. The maximum absolute atomic E-state index is 14.8. The molecule has 1 heteroatoms. The highest BCUT2D eigenvalue weighted by molar-refractivity contribution is 5.27. The summed E-state index contributed by atoms with van der Waals surface area (Å²) < 4.78 is 14.8. The summed E-state index contributed by atoms with van der Waals surface area (Å²) in [7, 11) is 0. The van der Waals surface area contributed by atoms with E-state index in [1.807, 2.05) is 6.07 Å². The molecular formula is C28H45F. The Kier molecular flexibility index (Phi) is 9.53. The van der Waals surface area contributed by atoms with Gasteiger partial charge in [-0.25, -0.2) is 4.39 Å². The molecule has 0 unspecified atom stereocenters. The van der Waals surface area contributed by atoms with Crippen molar-refractivity contribution >= 4 is 0 Å². The monoisotopic (exact) mass is 400 g/mol. The molecule has 3 rings (SSSR count). The Labute approximate surface area is 180 Å². The molecule has 0 amide bonds. The molecule has 0 nitrogen and oxygen atoms in total. The molecule has 2 aliphatic carbocycles. The van der Waals surface area contributed by atoms with Gasteiger partial charge in [0.25, 0.3) is 0 Å². The molecule has 0 saturated heterocycles. The minimum absolute atomic E-state index is 0.0623. The van der Waals surface area contributed by atoms with Gasteiger partial charge in [0, 0.05) is 0 Å². The summed E-state index contributed by atoms with van der Waals surface area (Å²) in [5.41, 5.74) is 2.22. The van der Waals surface area contributed by atoms with E-state index < -0.39 is 0 Å². The van der Waals surface area contributed by atoms with Gasteiger partial charge in [0.05, 0.1) is 0 Å². The van der Waals surface area contributed by atoms with E-state index in [1.165, 1.54) is 102 Å². The summed E-state index contributed by atoms with van der Waals surface area (Å²) >= 11 is 0. The third-order valence-electron chi connectivity index (χ3n) is 8.12. The second-order valence-electron chi connectivity index (χ2n) is 10.3. The topological polar surface area (TPSA) is 0 Å². The number of unbranched alkanes of at least 4 members (excludes halogenated alkanes) is 2. The quantitative estimate of drug-likeness (QED) is 0.367. The van der Waals surface area contributed by atoms with Crippen LogP contribution in [0.2, 0.25) is 0 Å². The lowest BCUT2D eigenvalue weighted by Crippen LogP contribution is -2.15. The minimum atomic E-state index is 0.0623. The smallest absolute Gasteiger partial charge is 0.126 e. The molecule has 2 fully saturated rings. The lowest BCUT2D eigenvalue weighted by molar-refractivity contribution is 0.249. The molecule has 164 valence electrons. The standard InChI is InChI=1S/C28H45F/c1-3-5-7-22-9-11-24(12-10-22)15-18-26-19-20-27(21-28(26)29)25-16-13-23(14-17-25)8-6-4-2/h19-25H,3-18H2,1-2H3. The summed E-state index contributed by atoms with van der Waals surface area (Å²) in [4.78, 5) is 0. The number of rotatable bonds is 10. The van der Waals surface area contributed by atoms with Gasteiger partial charge in [-0.15, -0.1) is 0 Å². The van der Waals surface area contributed by atoms with Gasteiger partial charge in [-0.05, 0) is 79.4 Å². The lowest BCUT2D eigenvalue weighted by atomic mass is 9.76. The van der Waals surface area contributed by atoms with Gasteiger partial charge in [0.1, 0.15) is 5.82 Å². The van der Waals surface area contributed by atoms with Gasteiger partial charge in [0.15, 0.2) is 0 Å². The molecule has 0 spiro atoms. The number of hydrogen-bond donors (Lipinski definition) is 0. The average molecular weight is 401 g/mol. The van der Waals surface area contributed by atoms with Gasteiger partial charge in [0.2, 0.25) is 0 Å². The molecule has 1 aromatic rings. The summed E-state index contributed by atoms with van der Waals surface area (Å²) in [6.45, 7) is 4.58. The van der Waals surface area contributed by atoms with Crippen molar-refractivity contribution in [3.05, 3.63) is 35.1 Å². The van der Waals surface area contributed by atoms with Gasteiger partial charge in [-0.3, -0.25) is 0 Å². The van der Waals surface area contributed by atoms with E-state index in [4.69, 9.17) is 0 Å². The van der Waals surface area contributed by atoms with Crippen molar-refractivity contribution in [3.63, 3.8) is 0 Å². The number of aryl methyl sites for hydroxylation is 1. The number of benzene rings is 1. The zero-order valence-corrected chi connectivity index (χ0v) is 19.2. The predicted molar refractivity (Wildman–Crippen MR) is 124 cm³/mol. The van der Waals surface area contributed by atoms with E-state index in [2.05, 4.69) is 26.0 Å². The maximum Gasteiger partial charge on any atom is 0.126 e. The van der Waals surface area contributed by atoms with Crippen LogP contribution in [0.5, 0.6) is 0 Å². The van der Waals surface area contributed by atoms with Crippen LogP contribution in [0.15, 0.2) is 18.2 Å². The van der Waals surface area contributed by atoms with Crippen LogP contribution < -0.4 is 0 Å². The first-order chi connectivity index (χ1) is 14.2. The van der Waals surface area contributed by atoms with E-state index in [0.717, 1.165) is 29.7 Å². The first kappa shape index (κ1) is 22.8. The van der Waals surface area contributed by atoms with Crippen LogP contribution in [0.25, 0.3) is 0 Å². The molecule has 2 aliphatic rings. The lowest BCUT2D eigenvalue weighted by Gasteiger charge is -2.29. The molecule has 0 aliphatic heterocycles. The molecule has 0 bridgehead atoms. The van der Waals surface area contributed by atoms with Crippen molar-refractivity contribution in [2.45, 2.75) is 122 Å². The van der Waals surface area contributed by atoms with E-state index in [-0.39, 0.29) is 5.82 Å². The van der Waals surface area contributed by atoms with Crippen LogP contribution in [-0.4, -0.2) is 0 Å². The molecule has 0 atom stereocenters. The molecule has 0 heterocycles. The SMILES string of the molecule is CCCCC1CCC(CCc2ccc(C3CCC(CCCC)CC3)cc2F)CC1. The first-order valence-corrected chi connectivity index (χ1v) is 13.0. The Morgan fingerprint density at radius 2 is 1.24 bits per heavy atom.